The quantitative estimate of drug-likeness (QED) is 0.362. The van der Waals surface area contributed by atoms with E-state index in [-0.39, 0.29) is 23.6 Å². The van der Waals surface area contributed by atoms with E-state index < -0.39 is 34.1 Å². The number of carbonyl (C=O) groups is 2. The van der Waals surface area contributed by atoms with Gasteiger partial charge in [-0.05, 0) is 35.4 Å². The van der Waals surface area contributed by atoms with Gasteiger partial charge in [-0.1, -0.05) is 12.1 Å². The molecule has 1 fully saturated rings. The molecule has 144 valence electrons. The number of rotatable bonds is 5. The number of nitro benzene ring substituents is 1. The summed E-state index contributed by atoms with van der Waals surface area (Å²) in [5.74, 6) is -2.27. The molecule has 2 aromatic carbocycles. The van der Waals surface area contributed by atoms with E-state index in [1.165, 1.54) is 43.5 Å². The Bertz CT molecular complexity index is 1000. The van der Waals surface area contributed by atoms with Gasteiger partial charge in [0.2, 0.25) is 0 Å². The monoisotopic (exact) mass is 386 g/mol. The van der Waals surface area contributed by atoms with Gasteiger partial charge in [-0.3, -0.25) is 19.8 Å². The smallest absolute Gasteiger partial charge is 0.329 e. The minimum absolute atomic E-state index is 0.0781. The first-order valence-electron chi connectivity index (χ1n) is 7.92. The summed E-state index contributed by atoms with van der Waals surface area (Å²) in [6, 6.07) is 6.82. The second-order valence-electron chi connectivity index (χ2n) is 5.83. The second kappa shape index (κ2) is 7.35. The zero-order valence-electron chi connectivity index (χ0n) is 14.5. The molecule has 1 N–H and O–H groups in total. The van der Waals surface area contributed by atoms with Crippen molar-refractivity contribution in [2.75, 3.05) is 7.11 Å². The average Bonchev–Trinajstić information content (AvgIpc) is 2.91. The highest BCUT2D eigenvalue weighted by atomic mass is 19.1. The topological polar surface area (TPSA) is 125 Å². The third-order valence-corrected chi connectivity index (χ3v) is 4.00. The Labute approximate surface area is 157 Å². The predicted molar refractivity (Wildman–Crippen MR) is 92.6 cm³/mol. The third-order valence-electron chi connectivity index (χ3n) is 4.00. The minimum atomic E-state index is -0.894. The summed E-state index contributed by atoms with van der Waals surface area (Å²) in [4.78, 5) is 35.7. The lowest BCUT2D eigenvalue weighted by Gasteiger charge is -2.13. The molecular formula is C18H13FN3O6-. The number of hydrogen-bond acceptors (Lipinski definition) is 6. The highest BCUT2D eigenvalue weighted by molar-refractivity contribution is 6.13. The standard InChI is InChI=1S/C18H14FN3O6/c1-28-15-8-11(7-14(16(15)23)22(26)27)6-13-17(24)21(18(25)20-13)9-10-2-4-12(19)5-3-10/h2-8,23H,9H2,1H3,(H,20,25)/p-1/b13-6+. The minimum Gasteiger partial charge on any atom is -0.865 e. The molecule has 1 aliphatic rings. The van der Waals surface area contributed by atoms with Gasteiger partial charge in [0.15, 0.2) is 0 Å². The van der Waals surface area contributed by atoms with Gasteiger partial charge in [0.25, 0.3) is 11.6 Å². The Balaban J connectivity index is 1.90. The molecule has 3 amide bonds. The molecule has 3 rings (SSSR count). The van der Waals surface area contributed by atoms with Crippen LogP contribution in [0.2, 0.25) is 0 Å². The molecule has 0 saturated carbocycles. The van der Waals surface area contributed by atoms with Crippen molar-refractivity contribution in [3.8, 4) is 11.5 Å². The summed E-state index contributed by atoms with van der Waals surface area (Å²) in [5.41, 5.74) is -0.164. The van der Waals surface area contributed by atoms with E-state index in [0.717, 1.165) is 11.0 Å². The third kappa shape index (κ3) is 3.61. The summed E-state index contributed by atoms with van der Waals surface area (Å²) < 4.78 is 17.8. The van der Waals surface area contributed by atoms with E-state index in [1.54, 1.807) is 0 Å². The van der Waals surface area contributed by atoms with Gasteiger partial charge >= 0.3 is 6.03 Å². The first-order valence-corrected chi connectivity index (χ1v) is 7.92. The Morgan fingerprint density at radius 3 is 2.54 bits per heavy atom. The molecule has 0 radical (unpaired) electrons. The number of imide groups is 1. The Kier molecular flexibility index (Phi) is 4.94. The predicted octanol–water partition coefficient (Wildman–Crippen LogP) is 1.91. The number of nitrogens with zero attached hydrogens (tertiary/aromatic N) is 2. The van der Waals surface area contributed by atoms with Gasteiger partial charge in [0.05, 0.1) is 18.6 Å². The molecule has 28 heavy (non-hydrogen) atoms. The molecule has 1 heterocycles. The van der Waals surface area contributed by atoms with E-state index >= 15 is 0 Å². The zero-order valence-corrected chi connectivity index (χ0v) is 14.5. The molecule has 0 aliphatic carbocycles. The maximum atomic E-state index is 13.0. The summed E-state index contributed by atoms with van der Waals surface area (Å²) >= 11 is 0. The van der Waals surface area contributed by atoms with Crippen LogP contribution in [0.1, 0.15) is 11.1 Å². The van der Waals surface area contributed by atoms with Crippen LogP contribution in [0.25, 0.3) is 6.08 Å². The highest BCUT2D eigenvalue weighted by Gasteiger charge is 2.33. The van der Waals surface area contributed by atoms with E-state index in [4.69, 9.17) is 4.74 Å². The fourth-order valence-electron chi connectivity index (χ4n) is 2.63. The maximum Gasteiger partial charge on any atom is 0.329 e. The fraction of sp³-hybridized carbons (Fsp3) is 0.111. The van der Waals surface area contributed by atoms with Crippen LogP contribution in [0.15, 0.2) is 42.1 Å². The Morgan fingerprint density at radius 2 is 1.93 bits per heavy atom. The molecule has 0 unspecified atom stereocenters. The molecule has 0 atom stereocenters. The number of amides is 3. The molecule has 9 nitrogen and oxygen atoms in total. The SMILES string of the molecule is COc1cc(/C=C2/NC(=O)N(Cc3ccc(F)cc3)C2=O)cc([N+](=O)[O-])c1[O-]. The van der Waals surface area contributed by atoms with E-state index in [2.05, 4.69) is 5.32 Å². The number of hydrogen-bond donors (Lipinski definition) is 1. The van der Waals surface area contributed by atoms with Crippen LogP contribution >= 0.6 is 0 Å². The van der Waals surface area contributed by atoms with Crippen LogP contribution in [-0.2, 0) is 11.3 Å². The summed E-state index contributed by atoms with van der Waals surface area (Å²) in [7, 11) is 1.18. The lowest BCUT2D eigenvalue weighted by molar-refractivity contribution is -0.398. The van der Waals surface area contributed by atoms with Crippen LogP contribution in [0.4, 0.5) is 14.9 Å². The highest BCUT2D eigenvalue weighted by Crippen LogP contribution is 2.35. The second-order valence-corrected chi connectivity index (χ2v) is 5.83. The fourth-order valence-corrected chi connectivity index (χ4v) is 2.63. The normalized spacial score (nSPS) is 15.1. The number of nitrogens with one attached hydrogen (secondary N) is 1. The van der Waals surface area contributed by atoms with Crippen molar-refractivity contribution in [2.24, 2.45) is 0 Å². The van der Waals surface area contributed by atoms with Crippen LogP contribution in [0.3, 0.4) is 0 Å². The molecule has 2 aromatic rings. The van der Waals surface area contributed by atoms with Crippen molar-refractivity contribution in [1.82, 2.24) is 10.2 Å². The van der Waals surface area contributed by atoms with Crippen molar-refractivity contribution in [3.05, 3.63) is 69.2 Å². The number of ether oxygens (including phenoxy) is 1. The molecule has 0 bridgehead atoms. The van der Waals surface area contributed by atoms with Crippen molar-refractivity contribution < 1.29 is 28.7 Å². The summed E-state index contributed by atoms with van der Waals surface area (Å²) in [6.07, 6.45) is 1.21. The molecular weight excluding hydrogens is 373 g/mol. The molecule has 0 aromatic heterocycles. The van der Waals surface area contributed by atoms with E-state index in [1.807, 2.05) is 0 Å². The van der Waals surface area contributed by atoms with E-state index in [9.17, 15) is 29.2 Å². The molecule has 0 spiro atoms. The van der Waals surface area contributed by atoms with Gasteiger partial charge in [-0.15, -0.1) is 0 Å². The van der Waals surface area contributed by atoms with Gasteiger partial charge in [0.1, 0.15) is 17.3 Å². The number of urea groups is 1. The van der Waals surface area contributed by atoms with Gasteiger partial charge in [-0.2, -0.15) is 0 Å². The lowest BCUT2D eigenvalue weighted by Crippen LogP contribution is -2.30. The first-order chi connectivity index (χ1) is 13.3. The van der Waals surface area contributed by atoms with Crippen LogP contribution < -0.4 is 15.2 Å². The molecule has 1 saturated heterocycles. The summed E-state index contributed by atoms with van der Waals surface area (Å²) in [6.45, 7) is -0.0781. The summed E-state index contributed by atoms with van der Waals surface area (Å²) in [5, 5.41) is 25.3. The van der Waals surface area contributed by atoms with Crippen LogP contribution in [0.5, 0.6) is 11.5 Å². The van der Waals surface area contributed by atoms with Crippen LogP contribution in [0, 0.1) is 15.9 Å². The van der Waals surface area contributed by atoms with Gasteiger partial charge in [-0.25, -0.2) is 9.18 Å². The lowest BCUT2D eigenvalue weighted by atomic mass is 10.1. The number of benzene rings is 2. The van der Waals surface area contributed by atoms with Crippen LogP contribution in [-0.4, -0.2) is 28.9 Å². The Morgan fingerprint density at radius 1 is 1.25 bits per heavy atom. The number of methoxy groups -OCH3 is 1. The largest absolute Gasteiger partial charge is 0.865 e. The first kappa shape index (κ1) is 18.8. The number of nitro groups is 1. The van der Waals surface area contributed by atoms with Gasteiger partial charge in [0, 0.05) is 11.8 Å². The maximum absolute atomic E-state index is 13.0. The zero-order chi connectivity index (χ0) is 20.4. The van der Waals surface area contributed by atoms with Crippen molar-refractivity contribution in [3.63, 3.8) is 0 Å². The van der Waals surface area contributed by atoms with Crippen molar-refractivity contribution in [2.45, 2.75) is 6.54 Å². The van der Waals surface area contributed by atoms with Crippen molar-refractivity contribution >= 4 is 23.7 Å². The number of halogens is 1. The van der Waals surface area contributed by atoms with Gasteiger partial charge < -0.3 is 15.2 Å². The van der Waals surface area contributed by atoms with E-state index in [0.29, 0.717) is 5.56 Å². The van der Waals surface area contributed by atoms with Crippen molar-refractivity contribution in [1.29, 1.82) is 0 Å². The average molecular weight is 386 g/mol. The molecule has 1 aliphatic heterocycles. The Hall–Kier alpha value is -3.95. The number of carbonyl (C=O) groups excluding carboxylic acids is 2. The molecule has 10 heteroatoms.